The average molecular weight is 452 g/mol. The quantitative estimate of drug-likeness (QED) is 0.565. The number of nitrogens with zero attached hydrogens (tertiary/aromatic N) is 3. The van der Waals surface area contributed by atoms with Gasteiger partial charge in [0, 0.05) is 37.6 Å². The molecule has 0 saturated carbocycles. The second kappa shape index (κ2) is 9.29. The molecule has 174 valence electrons. The number of methoxy groups -OCH3 is 1. The molecular formula is C21H27F3N6O2. The van der Waals surface area contributed by atoms with E-state index < -0.39 is 17.3 Å². The van der Waals surface area contributed by atoms with Crippen molar-refractivity contribution < 1.29 is 22.7 Å². The summed E-state index contributed by atoms with van der Waals surface area (Å²) in [4.78, 5) is 21.4. The van der Waals surface area contributed by atoms with Gasteiger partial charge < -0.3 is 25.6 Å². The fourth-order valence-electron chi connectivity index (χ4n) is 3.76. The van der Waals surface area contributed by atoms with Crippen LogP contribution in [0.15, 0.2) is 24.4 Å². The summed E-state index contributed by atoms with van der Waals surface area (Å²) in [6, 6.07) is 5.27. The van der Waals surface area contributed by atoms with Gasteiger partial charge in [0.05, 0.1) is 12.1 Å². The van der Waals surface area contributed by atoms with Gasteiger partial charge in [0.25, 0.3) is 0 Å². The van der Waals surface area contributed by atoms with Crippen molar-refractivity contribution in [3.8, 4) is 0 Å². The minimum absolute atomic E-state index is 0.0184. The first-order chi connectivity index (χ1) is 15.0. The lowest BCUT2D eigenvalue weighted by Gasteiger charge is -2.34. The van der Waals surface area contributed by atoms with E-state index in [0.29, 0.717) is 25.1 Å². The maximum Gasteiger partial charge on any atom is 0.421 e. The molecule has 2 aromatic rings. The van der Waals surface area contributed by atoms with E-state index in [2.05, 4.69) is 25.9 Å². The van der Waals surface area contributed by atoms with Crippen LogP contribution >= 0.6 is 0 Å². The second-order valence-electron chi connectivity index (χ2n) is 8.36. The van der Waals surface area contributed by atoms with E-state index in [9.17, 15) is 18.0 Å². The number of carbonyl (C=O) groups is 1. The predicted octanol–water partition coefficient (Wildman–Crippen LogP) is 3.50. The van der Waals surface area contributed by atoms with Crippen molar-refractivity contribution in [2.24, 2.45) is 0 Å². The zero-order valence-corrected chi connectivity index (χ0v) is 18.4. The molecule has 0 saturated heterocycles. The van der Waals surface area contributed by atoms with Gasteiger partial charge in [0.15, 0.2) is 0 Å². The predicted molar refractivity (Wildman–Crippen MR) is 116 cm³/mol. The number of likely N-dealkylation sites (N-methyl/N-ethyl adjacent to an activating group) is 1. The number of alkyl halides is 3. The summed E-state index contributed by atoms with van der Waals surface area (Å²) < 4.78 is 46.1. The molecule has 1 amide bonds. The van der Waals surface area contributed by atoms with Crippen LogP contribution in [0, 0.1) is 0 Å². The Labute approximate surface area is 184 Å². The molecule has 8 nitrogen and oxygen atoms in total. The van der Waals surface area contributed by atoms with Gasteiger partial charge in [-0.1, -0.05) is 0 Å². The molecule has 0 fully saturated rings. The van der Waals surface area contributed by atoms with Gasteiger partial charge in [0.1, 0.15) is 11.4 Å². The Kier molecular flexibility index (Phi) is 6.89. The van der Waals surface area contributed by atoms with Crippen LogP contribution in [0.25, 0.3) is 0 Å². The lowest BCUT2D eigenvalue weighted by molar-refractivity contribution is -0.137. The van der Waals surface area contributed by atoms with Crippen LogP contribution in [0.1, 0.15) is 24.5 Å². The standard InChI is InChI=1S/C21H27F3N6O2/c1-20(12-32-4,11-30(2)3)29-18-15(21(22,23)24)10-25-19(28-18)26-14-6-7-16-13(9-14)5-8-17(31)27-16/h6-7,9-10H,5,8,11-12H2,1-4H3,(H,27,31)(H2,25,26,28,29). The molecule has 0 radical (unpaired) electrons. The van der Waals surface area contributed by atoms with E-state index in [1.165, 1.54) is 7.11 Å². The molecule has 3 N–H and O–H groups in total. The third-order valence-corrected chi connectivity index (χ3v) is 4.90. The molecule has 11 heteroatoms. The van der Waals surface area contributed by atoms with Crippen molar-refractivity contribution in [2.75, 3.05) is 50.3 Å². The topological polar surface area (TPSA) is 91.4 Å². The molecule has 1 unspecified atom stereocenters. The van der Waals surface area contributed by atoms with E-state index in [1.54, 1.807) is 19.1 Å². The van der Waals surface area contributed by atoms with Crippen molar-refractivity contribution in [1.29, 1.82) is 0 Å². The smallest absolute Gasteiger partial charge is 0.382 e. The number of carbonyl (C=O) groups excluding carboxylic acids is 1. The number of amides is 1. The molecule has 1 aliphatic rings. The SMILES string of the molecule is COCC(C)(CN(C)C)Nc1nc(Nc2ccc3c(c2)CCC(=O)N3)ncc1C(F)(F)F. The lowest BCUT2D eigenvalue weighted by atomic mass is 10.0. The van der Waals surface area contributed by atoms with Crippen LogP contribution in [-0.4, -0.2) is 60.7 Å². The summed E-state index contributed by atoms with van der Waals surface area (Å²) in [6.45, 7) is 2.36. The highest BCUT2D eigenvalue weighted by atomic mass is 19.4. The number of aryl methyl sites for hydroxylation is 1. The molecule has 3 rings (SSSR count). The molecule has 1 aromatic heterocycles. The number of halogens is 3. The maximum absolute atomic E-state index is 13.6. The van der Waals surface area contributed by atoms with E-state index in [1.807, 2.05) is 25.1 Å². The molecule has 1 aromatic carbocycles. The second-order valence-corrected chi connectivity index (χ2v) is 8.36. The largest absolute Gasteiger partial charge is 0.421 e. The van der Waals surface area contributed by atoms with Gasteiger partial charge in [-0.3, -0.25) is 4.79 Å². The number of nitrogens with one attached hydrogen (secondary N) is 3. The summed E-state index contributed by atoms with van der Waals surface area (Å²) in [7, 11) is 5.14. The van der Waals surface area contributed by atoms with Gasteiger partial charge in [0.2, 0.25) is 11.9 Å². The Bertz CT molecular complexity index is 982. The highest BCUT2D eigenvalue weighted by Gasteiger charge is 2.37. The fourth-order valence-corrected chi connectivity index (χ4v) is 3.76. The molecule has 1 atom stereocenters. The van der Waals surface area contributed by atoms with Crippen LogP contribution in [0.3, 0.4) is 0 Å². The minimum atomic E-state index is -4.63. The zero-order valence-electron chi connectivity index (χ0n) is 18.4. The Morgan fingerprint density at radius 1 is 1.25 bits per heavy atom. The Morgan fingerprint density at radius 3 is 2.66 bits per heavy atom. The minimum Gasteiger partial charge on any atom is -0.382 e. The number of aromatic nitrogens is 2. The summed E-state index contributed by atoms with van der Waals surface area (Å²) in [5.74, 6) is -0.358. The fraction of sp³-hybridized carbons (Fsp3) is 0.476. The van der Waals surface area contributed by atoms with Crippen LogP contribution in [0.5, 0.6) is 0 Å². The number of ether oxygens (including phenoxy) is 1. The van der Waals surface area contributed by atoms with Crippen molar-refractivity contribution in [1.82, 2.24) is 14.9 Å². The van der Waals surface area contributed by atoms with Crippen molar-refractivity contribution in [3.05, 3.63) is 35.5 Å². The number of rotatable bonds is 8. The number of anilines is 4. The molecule has 0 spiro atoms. The van der Waals surface area contributed by atoms with E-state index >= 15 is 0 Å². The normalized spacial score (nSPS) is 15.7. The molecule has 32 heavy (non-hydrogen) atoms. The first-order valence-electron chi connectivity index (χ1n) is 10.0. The summed E-state index contributed by atoms with van der Waals surface area (Å²) in [5.41, 5.74) is 0.476. The van der Waals surface area contributed by atoms with Gasteiger partial charge >= 0.3 is 6.18 Å². The third kappa shape index (κ3) is 5.86. The number of fused-ring (bicyclic) bond motifs is 1. The van der Waals surface area contributed by atoms with Gasteiger partial charge in [-0.15, -0.1) is 0 Å². The van der Waals surface area contributed by atoms with E-state index in [0.717, 1.165) is 17.4 Å². The first-order valence-corrected chi connectivity index (χ1v) is 10.0. The number of hydrogen-bond donors (Lipinski definition) is 3. The van der Waals surface area contributed by atoms with Crippen molar-refractivity contribution >= 4 is 29.0 Å². The average Bonchev–Trinajstić information content (AvgIpc) is 2.66. The first kappa shape index (κ1) is 23.7. The number of hydrogen-bond acceptors (Lipinski definition) is 7. The highest BCUT2D eigenvalue weighted by Crippen LogP contribution is 2.35. The molecule has 0 aliphatic carbocycles. The zero-order chi connectivity index (χ0) is 23.5. The summed E-state index contributed by atoms with van der Waals surface area (Å²) in [5, 5.41) is 8.67. The van der Waals surface area contributed by atoms with Gasteiger partial charge in [-0.05, 0) is 51.2 Å². The Hall–Kier alpha value is -2.92. The van der Waals surface area contributed by atoms with Gasteiger partial charge in [-0.2, -0.15) is 18.2 Å². The lowest BCUT2D eigenvalue weighted by Crippen LogP contribution is -2.48. The number of benzene rings is 1. The summed E-state index contributed by atoms with van der Waals surface area (Å²) >= 11 is 0. The van der Waals surface area contributed by atoms with Crippen molar-refractivity contribution in [2.45, 2.75) is 31.5 Å². The maximum atomic E-state index is 13.6. The van der Waals surface area contributed by atoms with E-state index in [-0.39, 0.29) is 24.3 Å². The monoisotopic (exact) mass is 452 g/mol. The molecule has 2 heterocycles. The van der Waals surface area contributed by atoms with Crippen LogP contribution in [0.2, 0.25) is 0 Å². The Balaban J connectivity index is 1.91. The Morgan fingerprint density at radius 2 is 2.00 bits per heavy atom. The van der Waals surface area contributed by atoms with Crippen LogP contribution < -0.4 is 16.0 Å². The van der Waals surface area contributed by atoms with Gasteiger partial charge in [-0.25, -0.2) is 4.98 Å². The van der Waals surface area contributed by atoms with Crippen LogP contribution in [-0.2, 0) is 22.1 Å². The molecular weight excluding hydrogens is 425 g/mol. The van der Waals surface area contributed by atoms with E-state index in [4.69, 9.17) is 4.74 Å². The van der Waals surface area contributed by atoms with Crippen molar-refractivity contribution in [3.63, 3.8) is 0 Å². The molecule has 1 aliphatic heterocycles. The van der Waals surface area contributed by atoms with Crippen LogP contribution in [0.4, 0.5) is 36.3 Å². The highest BCUT2D eigenvalue weighted by molar-refractivity contribution is 5.94. The molecule has 0 bridgehead atoms. The third-order valence-electron chi connectivity index (χ3n) is 4.90. The summed E-state index contributed by atoms with van der Waals surface area (Å²) in [6.07, 6.45) is -2.90.